The van der Waals surface area contributed by atoms with E-state index in [9.17, 15) is 4.79 Å². The maximum atomic E-state index is 11.8. The summed E-state index contributed by atoms with van der Waals surface area (Å²) in [5.74, 6) is 0.0695. The first-order valence-corrected chi connectivity index (χ1v) is 5.98. The lowest BCUT2D eigenvalue weighted by molar-refractivity contribution is -0.117. The number of benzene rings is 1. The Morgan fingerprint density at radius 2 is 2.06 bits per heavy atom. The Hall–Kier alpha value is -1.55. The van der Waals surface area contributed by atoms with Crippen molar-refractivity contribution in [2.24, 2.45) is 0 Å². The SMILES string of the molecule is CN(C)c1ccc(NC(=O)[C@H]2CCCN2)cc1. The van der Waals surface area contributed by atoms with Crippen molar-refractivity contribution < 1.29 is 4.79 Å². The van der Waals surface area contributed by atoms with E-state index in [0.29, 0.717) is 0 Å². The zero-order chi connectivity index (χ0) is 12.3. The first-order chi connectivity index (χ1) is 8.16. The van der Waals surface area contributed by atoms with Gasteiger partial charge in [-0.1, -0.05) is 0 Å². The van der Waals surface area contributed by atoms with Gasteiger partial charge in [-0.25, -0.2) is 0 Å². The van der Waals surface area contributed by atoms with E-state index in [-0.39, 0.29) is 11.9 Å². The monoisotopic (exact) mass is 233 g/mol. The highest BCUT2D eigenvalue weighted by atomic mass is 16.2. The second kappa shape index (κ2) is 5.19. The lowest BCUT2D eigenvalue weighted by Crippen LogP contribution is -2.35. The number of anilines is 2. The van der Waals surface area contributed by atoms with Gasteiger partial charge < -0.3 is 15.5 Å². The average molecular weight is 233 g/mol. The average Bonchev–Trinajstić information content (AvgIpc) is 2.83. The van der Waals surface area contributed by atoms with Gasteiger partial charge in [0, 0.05) is 25.5 Å². The van der Waals surface area contributed by atoms with Crippen LogP contribution in [0.15, 0.2) is 24.3 Å². The van der Waals surface area contributed by atoms with Gasteiger partial charge in [0.1, 0.15) is 0 Å². The highest BCUT2D eigenvalue weighted by Gasteiger charge is 2.21. The molecule has 1 aromatic rings. The van der Waals surface area contributed by atoms with Crippen LogP contribution >= 0.6 is 0 Å². The number of rotatable bonds is 3. The van der Waals surface area contributed by atoms with Crippen LogP contribution in [0.3, 0.4) is 0 Å². The molecular weight excluding hydrogens is 214 g/mol. The lowest BCUT2D eigenvalue weighted by Gasteiger charge is -2.14. The third-order valence-electron chi connectivity index (χ3n) is 3.03. The highest BCUT2D eigenvalue weighted by Crippen LogP contribution is 2.16. The summed E-state index contributed by atoms with van der Waals surface area (Å²) in [4.78, 5) is 13.9. The molecule has 1 saturated heterocycles. The van der Waals surface area contributed by atoms with E-state index in [1.54, 1.807) is 0 Å². The molecule has 1 amide bonds. The molecular formula is C13H19N3O. The molecule has 0 radical (unpaired) electrons. The van der Waals surface area contributed by atoms with Crippen molar-refractivity contribution in [2.75, 3.05) is 30.9 Å². The molecule has 1 heterocycles. The molecule has 17 heavy (non-hydrogen) atoms. The van der Waals surface area contributed by atoms with Crippen molar-refractivity contribution in [2.45, 2.75) is 18.9 Å². The summed E-state index contributed by atoms with van der Waals surface area (Å²) in [6.45, 7) is 0.942. The highest BCUT2D eigenvalue weighted by molar-refractivity contribution is 5.95. The number of nitrogens with one attached hydrogen (secondary N) is 2. The molecule has 1 aromatic carbocycles. The van der Waals surface area contributed by atoms with E-state index >= 15 is 0 Å². The first kappa shape index (κ1) is 11.9. The van der Waals surface area contributed by atoms with Crippen LogP contribution in [0.5, 0.6) is 0 Å². The van der Waals surface area contributed by atoms with Crippen molar-refractivity contribution in [1.29, 1.82) is 0 Å². The lowest BCUT2D eigenvalue weighted by atomic mass is 10.2. The van der Waals surface area contributed by atoms with Gasteiger partial charge in [-0.05, 0) is 43.7 Å². The predicted molar refractivity (Wildman–Crippen MR) is 70.4 cm³/mol. The fourth-order valence-electron chi connectivity index (χ4n) is 1.98. The van der Waals surface area contributed by atoms with Crippen LogP contribution in [-0.2, 0) is 4.79 Å². The van der Waals surface area contributed by atoms with Crippen LogP contribution in [0.2, 0.25) is 0 Å². The molecule has 0 aliphatic carbocycles. The van der Waals surface area contributed by atoms with Crippen molar-refractivity contribution in [3.63, 3.8) is 0 Å². The van der Waals surface area contributed by atoms with E-state index in [2.05, 4.69) is 10.6 Å². The Morgan fingerprint density at radius 3 is 2.59 bits per heavy atom. The molecule has 92 valence electrons. The van der Waals surface area contributed by atoms with Gasteiger partial charge in [0.25, 0.3) is 0 Å². The van der Waals surface area contributed by atoms with Gasteiger partial charge in [0.15, 0.2) is 0 Å². The zero-order valence-electron chi connectivity index (χ0n) is 10.4. The number of nitrogens with zero attached hydrogens (tertiary/aromatic N) is 1. The van der Waals surface area contributed by atoms with Crippen molar-refractivity contribution in [1.82, 2.24) is 5.32 Å². The Morgan fingerprint density at radius 1 is 1.35 bits per heavy atom. The minimum atomic E-state index is -0.0245. The fraction of sp³-hybridized carbons (Fsp3) is 0.462. The fourth-order valence-corrected chi connectivity index (χ4v) is 1.98. The van der Waals surface area contributed by atoms with Crippen LogP contribution in [0.25, 0.3) is 0 Å². The minimum absolute atomic E-state index is 0.0245. The molecule has 0 bridgehead atoms. The number of hydrogen-bond acceptors (Lipinski definition) is 3. The van der Waals surface area contributed by atoms with Gasteiger partial charge in [-0.3, -0.25) is 4.79 Å². The second-order valence-corrected chi connectivity index (χ2v) is 4.58. The Labute approximate surface area is 102 Å². The number of carbonyl (C=O) groups excluding carboxylic acids is 1. The van der Waals surface area contributed by atoms with Crippen LogP contribution in [-0.4, -0.2) is 32.6 Å². The van der Waals surface area contributed by atoms with Gasteiger partial charge in [0.2, 0.25) is 5.91 Å². The molecule has 2 N–H and O–H groups in total. The van der Waals surface area contributed by atoms with Gasteiger partial charge in [0.05, 0.1) is 6.04 Å². The molecule has 0 spiro atoms. The topological polar surface area (TPSA) is 44.4 Å². The molecule has 1 aliphatic rings. The van der Waals surface area contributed by atoms with Gasteiger partial charge in [-0.15, -0.1) is 0 Å². The molecule has 1 atom stereocenters. The number of carbonyl (C=O) groups is 1. The van der Waals surface area contributed by atoms with Crippen LogP contribution in [0.1, 0.15) is 12.8 Å². The van der Waals surface area contributed by atoms with Crippen molar-refractivity contribution >= 4 is 17.3 Å². The number of hydrogen-bond donors (Lipinski definition) is 2. The summed E-state index contributed by atoms with van der Waals surface area (Å²) in [6.07, 6.45) is 2.01. The summed E-state index contributed by atoms with van der Waals surface area (Å²) < 4.78 is 0. The molecule has 4 nitrogen and oxygen atoms in total. The molecule has 2 rings (SSSR count). The maximum Gasteiger partial charge on any atom is 0.241 e. The molecule has 0 unspecified atom stereocenters. The van der Waals surface area contributed by atoms with E-state index in [1.807, 2.05) is 43.3 Å². The normalized spacial score (nSPS) is 19.1. The van der Waals surface area contributed by atoms with Crippen LogP contribution in [0.4, 0.5) is 11.4 Å². The number of amides is 1. The minimum Gasteiger partial charge on any atom is -0.378 e. The van der Waals surface area contributed by atoms with E-state index in [4.69, 9.17) is 0 Å². The van der Waals surface area contributed by atoms with E-state index in [1.165, 1.54) is 0 Å². The second-order valence-electron chi connectivity index (χ2n) is 4.58. The van der Waals surface area contributed by atoms with Crippen LogP contribution < -0.4 is 15.5 Å². The maximum absolute atomic E-state index is 11.8. The molecule has 1 aliphatic heterocycles. The van der Waals surface area contributed by atoms with Crippen LogP contribution in [0, 0.1) is 0 Å². The summed E-state index contributed by atoms with van der Waals surface area (Å²) >= 11 is 0. The van der Waals surface area contributed by atoms with E-state index in [0.717, 1.165) is 30.8 Å². The standard InChI is InChI=1S/C13H19N3O/c1-16(2)11-7-5-10(6-8-11)15-13(17)12-4-3-9-14-12/h5-8,12,14H,3-4,9H2,1-2H3,(H,15,17)/t12-/m1/s1. The van der Waals surface area contributed by atoms with Crippen molar-refractivity contribution in [3.05, 3.63) is 24.3 Å². The van der Waals surface area contributed by atoms with Gasteiger partial charge >= 0.3 is 0 Å². The Kier molecular flexibility index (Phi) is 3.64. The summed E-state index contributed by atoms with van der Waals surface area (Å²) in [5, 5.41) is 6.12. The molecule has 1 fully saturated rings. The summed E-state index contributed by atoms with van der Waals surface area (Å²) in [5.41, 5.74) is 1.98. The quantitative estimate of drug-likeness (QED) is 0.830. The van der Waals surface area contributed by atoms with Gasteiger partial charge in [-0.2, -0.15) is 0 Å². The van der Waals surface area contributed by atoms with Crippen molar-refractivity contribution in [3.8, 4) is 0 Å². The Balaban J connectivity index is 1.96. The first-order valence-electron chi connectivity index (χ1n) is 5.98. The third kappa shape index (κ3) is 2.97. The molecule has 0 aromatic heterocycles. The predicted octanol–water partition coefficient (Wildman–Crippen LogP) is 1.44. The largest absolute Gasteiger partial charge is 0.378 e. The Bertz CT molecular complexity index is 380. The summed E-state index contributed by atoms with van der Waals surface area (Å²) in [6, 6.07) is 7.84. The molecule has 0 saturated carbocycles. The molecule has 4 heteroatoms. The smallest absolute Gasteiger partial charge is 0.241 e. The zero-order valence-corrected chi connectivity index (χ0v) is 10.4. The third-order valence-corrected chi connectivity index (χ3v) is 3.03. The summed E-state index contributed by atoms with van der Waals surface area (Å²) in [7, 11) is 3.99. The van der Waals surface area contributed by atoms with E-state index < -0.39 is 0 Å².